The Labute approximate surface area is 150 Å². The molecule has 0 saturated carbocycles. The Hall–Kier alpha value is -0.490. The molecule has 3 nitrogen and oxygen atoms in total. The number of aliphatic imine (C=N–C) groups is 1. The molecule has 0 radical (unpaired) electrons. The molecule has 0 spiro atoms. The molecule has 0 unspecified atom stereocenters. The largest absolute Gasteiger partial charge is 0.370 e. The van der Waals surface area contributed by atoms with Crippen molar-refractivity contribution in [2.45, 2.75) is 32.6 Å². The minimum atomic E-state index is 0. The number of piperidine rings is 1. The predicted molar refractivity (Wildman–Crippen MR) is 102 cm³/mol. The lowest BCUT2D eigenvalue weighted by atomic mass is 10.00. The summed E-state index contributed by atoms with van der Waals surface area (Å²) in [5.41, 5.74) is 7.24. The standard InChI is InChI=1S/C16H24ClN3.HI/c1-13-8-11-20(12-9-13)16(18)19-10-4-6-14-5-2-3-7-15(14)17;/h2-3,5,7,13H,4,6,8-12H2,1H3,(H2,18,19);1H. The van der Waals surface area contributed by atoms with Crippen LogP contribution in [0.4, 0.5) is 0 Å². The maximum absolute atomic E-state index is 6.13. The fourth-order valence-corrected chi connectivity index (χ4v) is 2.73. The lowest BCUT2D eigenvalue weighted by Gasteiger charge is -2.31. The summed E-state index contributed by atoms with van der Waals surface area (Å²) in [5, 5.41) is 0.842. The Morgan fingerprint density at radius 2 is 2.00 bits per heavy atom. The molecule has 1 heterocycles. The predicted octanol–water partition coefficient (Wildman–Crippen LogP) is 3.94. The summed E-state index contributed by atoms with van der Waals surface area (Å²) in [6, 6.07) is 7.98. The molecule has 0 bridgehead atoms. The molecular formula is C16H25ClIN3. The van der Waals surface area contributed by atoms with Crippen LogP contribution in [0.5, 0.6) is 0 Å². The normalized spacial score (nSPS) is 16.7. The van der Waals surface area contributed by atoms with Crippen molar-refractivity contribution in [1.82, 2.24) is 4.90 Å². The monoisotopic (exact) mass is 421 g/mol. The molecule has 0 aliphatic carbocycles. The first-order valence-electron chi connectivity index (χ1n) is 7.45. The van der Waals surface area contributed by atoms with E-state index in [2.05, 4.69) is 22.9 Å². The van der Waals surface area contributed by atoms with E-state index < -0.39 is 0 Å². The van der Waals surface area contributed by atoms with Crippen LogP contribution in [0, 0.1) is 5.92 Å². The number of halogens is 2. The van der Waals surface area contributed by atoms with Crippen LogP contribution in [0.1, 0.15) is 31.7 Å². The molecule has 0 atom stereocenters. The molecule has 21 heavy (non-hydrogen) atoms. The summed E-state index contributed by atoms with van der Waals surface area (Å²) in [4.78, 5) is 6.70. The van der Waals surface area contributed by atoms with Gasteiger partial charge in [0.15, 0.2) is 5.96 Å². The number of likely N-dealkylation sites (tertiary alicyclic amines) is 1. The Morgan fingerprint density at radius 1 is 1.33 bits per heavy atom. The molecule has 1 saturated heterocycles. The molecule has 1 aliphatic rings. The zero-order valence-corrected chi connectivity index (χ0v) is 15.7. The molecule has 2 N–H and O–H groups in total. The van der Waals surface area contributed by atoms with E-state index in [1.54, 1.807) is 0 Å². The highest BCUT2D eigenvalue weighted by Crippen LogP contribution is 2.17. The van der Waals surface area contributed by atoms with Crippen LogP contribution in [-0.2, 0) is 6.42 Å². The first-order chi connectivity index (χ1) is 9.66. The van der Waals surface area contributed by atoms with Crippen molar-refractivity contribution in [3.63, 3.8) is 0 Å². The van der Waals surface area contributed by atoms with Crippen LogP contribution in [0.15, 0.2) is 29.3 Å². The van der Waals surface area contributed by atoms with Gasteiger partial charge in [-0.3, -0.25) is 4.99 Å². The van der Waals surface area contributed by atoms with Crippen LogP contribution >= 0.6 is 35.6 Å². The van der Waals surface area contributed by atoms with Gasteiger partial charge in [-0.1, -0.05) is 36.7 Å². The molecule has 2 rings (SSSR count). The van der Waals surface area contributed by atoms with E-state index >= 15 is 0 Å². The Kier molecular flexibility index (Phi) is 8.41. The summed E-state index contributed by atoms with van der Waals surface area (Å²) in [6.45, 7) is 5.15. The zero-order valence-electron chi connectivity index (χ0n) is 12.6. The van der Waals surface area contributed by atoms with Gasteiger partial charge >= 0.3 is 0 Å². The summed E-state index contributed by atoms with van der Waals surface area (Å²) >= 11 is 6.13. The Balaban J connectivity index is 0.00000220. The lowest BCUT2D eigenvalue weighted by Crippen LogP contribution is -2.42. The fourth-order valence-electron chi connectivity index (χ4n) is 2.50. The van der Waals surface area contributed by atoms with Crippen molar-refractivity contribution >= 4 is 41.5 Å². The number of hydrogen-bond acceptors (Lipinski definition) is 1. The van der Waals surface area contributed by atoms with Crippen molar-refractivity contribution < 1.29 is 0 Å². The summed E-state index contributed by atoms with van der Waals surface area (Å²) in [5.74, 6) is 1.52. The highest BCUT2D eigenvalue weighted by molar-refractivity contribution is 14.0. The van der Waals surface area contributed by atoms with Crippen molar-refractivity contribution in [1.29, 1.82) is 0 Å². The Morgan fingerprint density at radius 3 is 2.67 bits per heavy atom. The van der Waals surface area contributed by atoms with Gasteiger partial charge in [-0.25, -0.2) is 0 Å². The van der Waals surface area contributed by atoms with Crippen LogP contribution in [0.2, 0.25) is 5.02 Å². The van der Waals surface area contributed by atoms with Crippen molar-refractivity contribution in [2.75, 3.05) is 19.6 Å². The van der Waals surface area contributed by atoms with E-state index in [9.17, 15) is 0 Å². The van der Waals surface area contributed by atoms with E-state index in [1.807, 2.05) is 18.2 Å². The molecule has 0 amide bonds. The number of aryl methyl sites for hydroxylation is 1. The highest BCUT2D eigenvalue weighted by Gasteiger charge is 2.16. The third kappa shape index (κ3) is 6.02. The first-order valence-corrected chi connectivity index (χ1v) is 7.83. The fraction of sp³-hybridized carbons (Fsp3) is 0.562. The topological polar surface area (TPSA) is 41.6 Å². The van der Waals surface area contributed by atoms with Gasteiger partial charge in [-0.05, 0) is 43.2 Å². The molecule has 1 aromatic carbocycles. The number of guanidine groups is 1. The highest BCUT2D eigenvalue weighted by atomic mass is 127. The number of nitrogens with two attached hydrogens (primary N) is 1. The van der Waals surface area contributed by atoms with Crippen LogP contribution < -0.4 is 5.73 Å². The maximum Gasteiger partial charge on any atom is 0.191 e. The number of nitrogens with zero attached hydrogens (tertiary/aromatic N) is 2. The first kappa shape index (κ1) is 18.6. The second-order valence-electron chi connectivity index (χ2n) is 5.60. The quantitative estimate of drug-likeness (QED) is 0.346. The smallest absolute Gasteiger partial charge is 0.191 e. The van der Waals surface area contributed by atoms with Crippen LogP contribution in [0.25, 0.3) is 0 Å². The second-order valence-corrected chi connectivity index (χ2v) is 6.01. The van der Waals surface area contributed by atoms with Gasteiger partial charge < -0.3 is 10.6 Å². The van der Waals surface area contributed by atoms with Gasteiger partial charge in [0.1, 0.15) is 0 Å². The van der Waals surface area contributed by atoms with E-state index in [0.717, 1.165) is 43.4 Å². The molecule has 1 fully saturated rings. The summed E-state index contributed by atoms with van der Waals surface area (Å²) in [6.07, 6.45) is 4.37. The average Bonchev–Trinajstić information content (AvgIpc) is 2.46. The second kappa shape index (κ2) is 9.51. The SMILES string of the molecule is CC1CCN(C(N)=NCCCc2ccccc2Cl)CC1.I. The molecule has 5 heteroatoms. The van der Waals surface area contributed by atoms with Gasteiger partial charge in [0.25, 0.3) is 0 Å². The minimum absolute atomic E-state index is 0. The van der Waals surface area contributed by atoms with E-state index in [1.165, 1.54) is 18.4 Å². The van der Waals surface area contributed by atoms with Gasteiger partial charge in [-0.2, -0.15) is 0 Å². The van der Waals surface area contributed by atoms with Crippen molar-refractivity contribution in [3.8, 4) is 0 Å². The van der Waals surface area contributed by atoms with Crippen LogP contribution in [0.3, 0.4) is 0 Å². The molecule has 1 aliphatic heterocycles. The van der Waals surface area contributed by atoms with E-state index in [0.29, 0.717) is 5.96 Å². The molecule has 1 aromatic rings. The number of rotatable bonds is 4. The van der Waals surface area contributed by atoms with Gasteiger partial charge in [0.2, 0.25) is 0 Å². The number of benzene rings is 1. The lowest BCUT2D eigenvalue weighted by molar-refractivity contribution is 0.277. The third-order valence-electron chi connectivity index (χ3n) is 3.94. The summed E-state index contributed by atoms with van der Waals surface area (Å²) in [7, 11) is 0. The average molecular weight is 422 g/mol. The Bertz CT molecular complexity index is 457. The van der Waals surface area contributed by atoms with Crippen LogP contribution in [-0.4, -0.2) is 30.5 Å². The van der Waals surface area contributed by atoms with Gasteiger partial charge in [-0.15, -0.1) is 24.0 Å². The molecule has 118 valence electrons. The zero-order chi connectivity index (χ0) is 14.4. The van der Waals surface area contributed by atoms with Crippen molar-refractivity contribution in [2.24, 2.45) is 16.6 Å². The van der Waals surface area contributed by atoms with Gasteiger partial charge in [0, 0.05) is 24.7 Å². The molecular weight excluding hydrogens is 397 g/mol. The van der Waals surface area contributed by atoms with Gasteiger partial charge in [0.05, 0.1) is 0 Å². The number of hydrogen-bond donors (Lipinski definition) is 1. The summed E-state index contributed by atoms with van der Waals surface area (Å²) < 4.78 is 0. The van der Waals surface area contributed by atoms with Crippen molar-refractivity contribution in [3.05, 3.63) is 34.9 Å². The van der Waals surface area contributed by atoms with E-state index in [4.69, 9.17) is 17.3 Å². The third-order valence-corrected chi connectivity index (χ3v) is 4.31. The van der Waals surface area contributed by atoms with E-state index in [-0.39, 0.29) is 24.0 Å². The maximum atomic E-state index is 6.13. The molecule has 0 aromatic heterocycles. The minimum Gasteiger partial charge on any atom is -0.370 e.